The average molecular weight is 210 g/mol. The van der Waals surface area contributed by atoms with Crippen LogP contribution in [0.15, 0.2) is 0 Å². The van der Waals surface area contributed by atoms with Gasteiger partial charge in [0.2, 0.25) is 0 Å². The van der Waals surface area contributed by atoms with Gasteiger partial charge in [0.15, 0.2) is 0 Å². The first-order chi connectivity index (χ1) is 5.54. The monoisotopic (exact) mass is 210 g/mol. The van der Waals surface area contributed by atoms with Crippen molar-refractivity contribution in [2.45, 2.75) is 20.3 Å². The van der Waals surface area contributed by atoms with Gasteiger partial charge < -0.3 is 0 Å². The number of rotatable bonds is 4. The van der Waals surface area contributed by atoms with Crippen LogP contribution in [-0.2, 0) is 36.2 Å². The summed E-state index contributed by atoms with van der Waals surface area (Å²) in [6.45, 7) is 2.81. The van der Waals surface area contributed by atoms with Gasteiger partial charge in [-0.15, -0.1) is 0 Å². The maximum absolute atomic E-state index is 10.0. The molecule has 0 aromatic heterocycles. The Morgan fingerprint density at radius 2 is 1.42 bits per heavy atom. The Kier molecular flexibility index (Phi) is 13.3. The van der Waals surface area contributed by atoms with Crippen LogP contribution < -0.4 is 0 Å². The average Bonchev–Trinajstić information content (AvgIpc) is 1.87. The molecular formula is C7H14O4Ti. The minimum atomic E-state index is -0.472. The van der Waals surface area contributed by atoms with Crippen LogP contribution in [0.2, 0.25) is 0 Å². The predicted molar refractivity (Wildman–Crippen MR) is 40.0 cm³/mol. The number of carbonyl (C=O) groups excluding carboxylic acids is 2. The van der Waals surface area contributed by atoms with Crippen molar-refractivity contribution in [3.8, 4) is 0 Å². The van der Waals surface area contributed by atoms with Crippen LogP contribution in [0, 0.1) is 0 Å². The molecule has 0 aliphatic rings. The molecular weight excluding hydrogens is 196 g/mol. The number of carbonyl (C=O) groups is 2. The Labute approximate surface area is 82.5 Å². The molecule has 0 N–H and O–H groups in total. The van der Waals surface area contributed by atoms with Crippen LogP contribution in [0.4, 0.5) is 0 Å². The van der Waals surface area contributed by atoms with E-state index in [4.69, 9.17) is 0 Å². The first-order valence-electron chi connectivity index (χ1n) is 3.34. The summed E-state index contributed by atoms with van der Waals surface area (Å²) < 4.78 is 9.19. The van der Waals surface area contributed by atoms with Gasteiger partial charge in [-0.05, 0) is 13.8 Å². The van der Waals surface area contributed by atoms with Crippen molar-refractivity contribution >= 4 is 11.6 Å². The van der Waals surface area contributed by atoms with Gasteiger partial charge in [0.1, 0.15) is 11.6 Å². The van der Waals surface area contributed by atoms with E-state index in [0.29, 0.717) is 0 Å². The van der Waals surface area contributed by atoms with Crippen LogP contribution >= 0.6 is 0 Å². The number of Topliss-reactive ketones (excluding diaryl/α,β-unsaturated/α-hetero) is 2. The fraction of sp³-hybridized carbons (Fsp3) is 0.714. The molecule has 0 radical (unpaired) electrons. The zero-order valence-corrected chi connectivity index (χ0v) is 9.40. The molecule has 12 heavy (non-hydrogen) atoms. The number of hydrogen-bond acceptors (Lipinski definition) is 4. The van der Waals surface area contributed by atoms with Crippen molar-refractivity contribution in [3.05, 3.63) is 0 Å². The summed E-state index contributed by atoms with van der Waals surface area (Å²) in [6.07, 6.45) is 0.0833. The molecule has 0 rings (SSSR count). The summed E-state index contributed by atoms with van der Waals surface area (Å²) in [4.78, 5) is 20.1. The van der Waals surface area contributed by atoms with Gasteiger partial charge in [-0.25, -0.2) is 0 Å². The molecule has 0 unspecified atom stereocenters. The first kappa shape index (κ1) is 14.5. The molecule has 0 aromatic rings. The molecule has 0 saturated carbocycles. The second-order valence-corrected chi connectivity index (χ2v) is 3.61. The van der Waals surface area contributed by atoms with E-state index in [1.807, 2.05) is 0 Å². The Hall–Kier alpha value is -0.0257. The quantitative estimate of drug-likeness (QED) is 0.507. The van der Waals surface area contributed by atoms with Gasteiger partial charge in [0.25, 0.3) is 0 Å². The van der Waals surface area contributed by atoms with Crippen LogP contribution in [-0.4, -0.2) is 25.8 Å². The molecule has 5 heteroatoms. The topological polar surface area (TPSA) is 52.6 Å². The zero-order valence-electron chi connectivity index (χ0n) is 7.84. The van der Waals surface area contributed by atoms with E-state index >= 15 is 0 Å². The minimum absolute atomic E-state index is 0.0625. The van der Waals surface area contributed by atoms with Crippen molar-refractivity contribution in [3.63, 3.8) is 0 Å². The molecule has 4 nitrogen and oxygen atoms in total. The third-order valence-corrected chi connectivity index (χ3v) is 1.19. The van der Waals surface area contributed by atoms with E-state index in [0.717, 1.165) is 0 Å². The molecule has 0 aromatic carbocycles. The van der Waals surface area contributed by atoms with E-state index in [9.17, 15) is 9.59 Å². The summed E-state index contributed by atoms with van der Waals surface area (Å²) in [5.74, 6) is -0.125. The van der Waals surface area contributed by atoms with Crippen molar-refractivity contribution in [1.82, 2.24) is 0 Å². The van der Waals surface area contributed by atoms with Crippen LogP contribution in [0.5, 0.6) is 0 Å². The van der Waals surface area contributed by atoms with E-state index < -0.39 is 19.9 Å². The Balaban J connectivity index is 0. The Morgan fingerprint density at radius 3 is 1.42 bits per heavy atom. The number of hydrogen-bond donors (Lipinski definition) is 0. The third kappa shape index (κ3) is 22.5. The first-order valence-corrected chi connectivity index (χ1v) is 4.62. The van der Waals surface area contributed by atoms with E-state index in [-0.39, 0.29) is 18.0 Å². The fourth-order valence-electron chi connectivity index (χ4n) is 0.434. The van der Waals surface area contributed by atoms with Crippen molar-refractivity contribution in [2.24, 2.45) is 0 Å². The second kappa shape index (κ2) is 11.0. The summed E-state index contributed by atoms with van der Waals surface area (Å²) in [7, 11) is 3.28. The molecule has 0 spiro atoms. The third-order valence-electron chi connectivity index (χ3n) is 0.665. The summed E-state index contributed by atoms with van der Waals surface area (Å²) in [6, 6.07) is 0. The summed E-state index contributed by atoms with van der Waals surface area (Å²) >= 11 is -0.472. The number of ketones is 2. The van der Waals surface area contributed by atoms with Crippen LogP contribution in [0.25, 0.3) is 0 Å². The van der Waals surface area contributed by atoms with Gasteiger partial charge in [-0.3, -0.25) is 9.59 Å². The van der Waals surface area contributed by atoms with Crippen molar-refractivity contribution < 1.29 is 36.2 Å². The maximum atomic E-state index is 10.0. The van der Waals surface area contributed by atoms with Crippen molar-refractivity contribution in [1.29, 1.82) is 0 Å². The normalized spacial score (nSPS) is 8.00. The van der Waals surface area contributed by atoms with Gasteiger partial charge in [0, 0.05) is 0 Å². The molecule has 0 aliphatic carbocycles. The molecule has 0 amide bonds. The van der Waals surface area contributed by atoms with Crippen LogP contribution in [0.3, 0.4) is 0 Å². The van der Waals surface area contributed by atoms with Crippen molar-refractivity contribution in [2.75, 3.05) is 14.2 Å². The Bertz CT molecular complexity index is 121. The molecule has 0 saturated heterocycles. The van der Waals surface area contributed by atoms with Gasteiger partial charge >= 0.3 is 40.8 Å². The SMILES string of the molecule is CC(=O)CC(C)=O.C[O][Ti][O]C. The molecule has 0 bridgehead atoms. The van der Waals surface area contributed by atoms with E-state index in [2.05, 4.69) is 6.64 Å². The molecule has 0 atom stereocenters. The Morgan fingerprint density at radius 1 is 1.08 bits per heavy atom. The molecule has 0 heterocycles. The van der Waals surface area contributed by atoms with Gasteiger partial charge in [-0.1, -0.05) is 0 Å². The molecule has 70 valence electrons. The predicted octanol–water partition coefficient (Wildman–Crippen LogP) is 0.746. The zero-order chi connectivity index (χ0) is 9.98. The van der Waals surface area contributed by atoms with Gasteiger partial charge in [-0.2, -0.15) is 0 Å². The second-order valence-electron chi connectivity index (χ2n) is 2.07. The summed E-state index contributed by atoms with van der Waals surface area (Å²) in [5, 5.41) is 0. The fourth-order valence-corrected chi connectivity index (χ4v) is 0.694. The molecule has 0 aliphatic heterocycles. The van der Waals surface area contributed by atoms with E-state index in [1.54, 1.807) is 14.2 Å². The molecule has 0 fully saturated rings. The van der Waals surface area contributed by atoms with Gasteiger partial charge in [0.05, 0.1) is 6.42 Å². The summed E-state index contributed by atoms with van der Waals surface area (Å²) in [5.41, 5.74) is 0. The van der Waals surface area contributed by atoms with E-state index in [1.165, 1.54) is 13.8 Å². The van der Waals surface area contributed by atoms with Crippen LogP contribution in [0.1, 0.15) is 20.3 Å². The standard InChI is InChI=1S/C5H8O2.2CH3O.Ti/c1-4(6)3-5(2)7;2*1-2;/h3H2,1-2H3;2*1H3;/q;2*-1;+2.